The average Bonchev–Trinajstić information content (AvgIpc) is 2.93. The molecule has 2 amide bonds. The summed E-state index contributed by atoms with van der Waals surface area (Å²) in [7, 11) is 0. The molecule has 0 aliphatic carbocycles. The summed E-state index contributed by atoms with van der Waals surface area (Å²) in [6, 6.07) is 9.03. The Bertz CT molecular complexity index is 600. The molecule has 0 radical (unpaired) electrons. The molecule has 0 bridgehead atoms. The fraction of sp³-hybridized carbons (Fsp3) is 0.579. The van der Waals surface area contributed by atoms with Crippen LogP contribution in [0, 0.1) is 0 Å². The lowest BCUT2D eigenvalue weighted by molar-refractivity contribution is 0.0146. The molecule has 1 aromatic rings. The van der Waals surface area contributed by atoms with Crippen molar-refractivity contribution >= 4 is 12.2 Å². The Balaban J connectivity index is 1.75. The summed E-state index contributed by atoms with van der Waals surface area (Å²) < 4.78 is 10.5. The lowest BCUT2D eigenvalue weighted by Gasteiger charge is -2.29. The molecule has 7 nitrogen and oxygen atoms in total. The maximum atomic E-state index is 12.3. The monoisotopic (exact) mass is 364 g/mol. The first kappa shape index (κ1) is 20.0. The molecular weight excluding hydrogens is 336 g/mol. The maximum absolute atomic E-state index is 12.3. The Morgan fingerprint density at radius 1 is 1.27 bits per heavy atom. The summed E-state index contributed by atoms with van der Waals surface area (Å²) in [6.07, 6.45) is -0.649. The fourth-order valence-electron chi connectivity index (χ4n) is 2.83. The molecule has 1 aromatic carbocycles. The van der Waals surface area contributed by atoms with Crippen molar-refractivity contribution in [2.75, 3.05) is 13.1 Å². The van der Waals surface area contributed by atoms with Gasteiger partial charge in [-0.05, 0) is 39.2 Å². The van der Waals surface area contributed by atoms with Crippen molar-refractivity contribution in [3.05, 3.63) is 35.9 Å². The molecule has 2 unspecified atom stereocenters. The summed E-state index contributed by atoms with van der Waals surface area (Å²) in [5, 5.41) is 12.8. The van der Waals surface area contributed by atoms with Gasteiger partial charge in [-0.25, -0.2) is 9.59 Å². The average molecular weight is 364 g/mol. The van der Waals surface area contributed by atoms with Crippen LogP contribution in [0.1, 0.15) is 39.2 Å². The molecule has 144 valence electrons. The van der Waals surface area contributed by atoms with E-state index in [1.807, 2.05) is 30.3 Å². The second-order valence-corrected chi connectivity index (χ2v) is 7.37. The zero-order valence-electron chi connectivity index (χ0n) is 15.6. The number of carbonyl (C=O) groups is 2. The minimum Gasteiger partial charge on any atom is -0.445 e. The van der Waals surface area contributed by atoms with Gasteiger partial charge in [0.05, 0.1) is 12.1 Å². The van der Waals surface area contributed by atoms with E-state index < -0.39 is 23.9 Å². The van der Waals surface area contributed by atoms with Crippen LogP contribution >= 0.6 is 0 Å². The Morgan fingerprint density at radius 2 is 1.96 bits per heavy atom. The number of nitrogens with one attached hydrogen (secondary N) is 1. The number of aliphatic hydroxyl groups is 1. The Hall–Kier alpha value is -2.28. The van der Waals surface area contributed by atoms with Gasteiger partial charge in [-0.3, -0.25) is 0 Å². The van der Waals surface area contributed by atoms with Gasteiger partial charge in [0.2, 0.25) is 0 Å². The Kier molecular flexibility index (Phi) is 6.85. The van der Waals surface area contributed by atoms with Crippen LogP contribution < -0.4 is 5.32 Å². The van der Waals surface area contributed by atoms with E-state index in [0.29, 0.717) is 25.9 Å². The molecule has 2 rings (SSSR count). The van der Waals surface area contributed by atoms with Crippen molar-refractivity contribution in [2.45, 2.75) is 58.0 Å². The molecule has 0 aromatic heterocycles. The Labute approximate surface area is 154 Å². The predicted molar refractivity (Wildman–Crippen MR) is 96.6 cm³/mol. The van der Waals surface area contributed by atoms with Crippen LogP contribution in [0.15, 0.2) is 30.3 Å². The number of likely N-dealkylation sites (tertiary alicyclic amines) is 1. The van der Waals surface area contributed by atoms with E-state index in [1.165, 1.54) is 4.90 Å². The first-order valence-electron chi connectivity index (χ1n) is 8.88. The van der Waals surface area contributed by atoms with Crippen LogP contribution in [0.5, 0.6) is 0 Å². The number of nitrogens with zero attached hydrogens (tertiary/aromatic N) is 1. The van der Waals surface area contributed by atoms with Crippen LogP contribution in [-0.2, 0) is 16.1 Å². The number of ether oxygens (including phenoxy) is 2. The van der Waals surface area contributed by atoms with Gasteiger partial charge in [-0.2, -0.15) is 0 Å². The first-order chi connectivity index (χ1) is 12.3. The predicted octanol–water partition coefficient (Wildman–Crippen LogP) is 2.67. The third-order valence-electron chi connectivity index (χ3n) is 4.06. The highest BCUT2D eigenvalue weighted by molar-refractivity contribution is 5.69. The number of alkyl carbamates (subject to hydrolysis) is 1. The lowest BCUT2D eigenvalue weighted by Crippen LogP contribution is -2.44. The quantitative estimate of drug-likeness (QED) is 0.839. The molecule has 1 aliphatic heterocycles. The van der Waals surface area contributed by atoms with Gasteiger partial charge >= 0.3 is 12.2 Å². The maximum Gasteiger partial charge on any atom is 0.410 e. The minimum absolute atomic E-state index is 0.197. The van der Waals surface area contributed by atoms with E-state index in [4.69, 9.17) is 9.47 Å². The zero-order valence-corrected chi connectivity index (χ0v) is 15.6. The summed E-state index contributed by atoms with van der Waals surface area (Å²) in [4.78, 5) is 25.6. The second kappa shape index (κ2) is 8.89. The van der Waals surface area contributed by atoms with Gasteiger partial charge in [-0.1, -0.05) is 30.3 Å². The van der Waals surface area contributed by atoms with E-state index in [0.717, 1.165) is 5.56 Å². The third-order valence-corrected chi connectivity index (χ3v) is 4.06. The van der Waals surface area contributed by atoms with Crippen molar-refractivity contribution < 1.29 is 24.2 Å². The number of hydrogen-bond acceptors (Lipinski definition) is 5. The summed E-state index contributed by atoms with van der Waals surface area (Å²) in [5.41, 5.74) is 0.319. The van der Waals surface area contributed by atoms with E-state index >= 15 is 0 Å². The molecular formula is C19H28N2O5. The molecule has 1 fully saturated rings. The molecule has 1 saturated heterocycles. The number of rotatable bonds is 5. The van der Waals surface area contributed by atoms with Gasteiger partial charge in [0.1, 0.15) is 12.2 Å². The van der Waals surface area contributed by atoms with Gasteiger partial charge in [-0.15, -0.1) is 0 Å². The van der Waals surface area contributed by atoms with Crippen LogP contribution in [0.3, 0.4) is 0 Å². The third kappa shape index (κ3) is 6.22. The number of hydrogen-bond donors (Lipinski definition) is 2. The Morgan fingerprint density at radius 3 is 2.62 bits per heavy atom. The van der Waals surface area contributed by atoms with Crippen LogP contribution in [-0.4, -0.2) is 53.0 Å². The van der Waals surface area contributed by atoms with Crippen LogP contribution in [0.25, 0.3) is 0 Å². The molecule has 1 aliphatic rings. The summed E-state index contributed by atoms with van der Waals surface area (Å²) in [5.74, 6) is 0. The van der Waals surface area contributed by atoms with Gasteiger partial charge in [0.15, 0.2) is 0 Å². The van der Waals surface area contributed by atoms with Crippen LogP contribution in [0.4, 0.5) is 9.59 Å². The number of benzene rings is 1. The highest BCUT2D eigenvalue weighted by atomic mass is 16.6. The van der Waals surface area contributed by atoms with E-state index in [1.54, 1.807) is 20.8 Å². The lowest BCUT2D eigenvalue weighted by atomic mass is 10.1. The molecule has 7 heteroatoms. The molecule has 2 N–H and O–H groups in total. The molecule has 26 heavy (non-hydrogen) atoms. The fourth-order valence-corrected chi connectivity index (χ4v) is 2.83. The number of amides is 2. The second-order valence-electron chi connectivity index (χ2n) is 7.37. The standard InChI is InChI=1S/C19H28N2O5/c1-19(2,3)26-18(24)21-12-10-16(22)15(21)9-11-20-17(23)25-13-14-7-5-4-6-8-14/h4-8,15-16,22H,9-13H2,1-3H3,(H,20,23). The largest absolute Gasteiger partial charge is 0.445 e. The SMILES string of the molecule is CC(C)(C)OC(=O)N1CCC(O)C1CCNC(=O)OCc1ccccc1. The highest BCUT2D eigenvalue weighted by Crippen LogP contribution is 2.23. The molecule has 1 heterocycles. The van der Waals surface area contributed by atoms with Gasteiger partial charge < -0.3 is 24.8 Å². The topological polar surface area (TPSA) is 88.1 Å². The zero-order chi connectivity index (χ0) is 19.2. The van der Waals surface area contributed by atoms with Crippen LogP contribution in [0.2, 0.25) is 0 Å². The smallest absolute Gasteiger partial charge is 0.410 e. The van der Waals surface area contributed by atoms with Gasteiger partial charge in [0, 0.05) is 13.1 Å². The summed E-state index contributed by atoms with van der Waals surface area (Å²) in [6.45, 7) is 6.35. The normalized spacial score (nSPS) is 19.9. The highest BCUT2D eigenvalue weighted by Gasteiger charge is 2.37. The van der Waals surface area contributed by atoms with Gasteiger partial charge in [0.25, 0.3) is 0 Å². The molecule has 2 atom stereocenters. The number of aliphatic hydroxyl groups excluding tert-OH is 1. The molecule has 0 spiro atoms. The van der Waals surface area contributed by atoms with E-state index in [9.17, 15) is 14.7 Å². The van der Waals surface area contributed by atoms with Crippen molar-refractivity contribution in [2.24, 2.45) is 0 Å². The summed E-state index contributed by atoms with van der Waals surface area (Å²) >= 11 is 0. The van der Waals surface area contributed by atoms with Crippen molar-refractivity contribution in [3.63, 3.8) is 0 Å². The van der Waals surface area contributed by atoms with E-state index in [2.05, 4.69) is 5.32 Å². The first-order valence-corrected chi connectivity index (χ1v) is 8.88. The number of carbonyl (C=O) groups excluding carboxylic acids is 2. The van der Waals surface area contributed by atoms with Crippen molar-refractivity contribution in [3.8, 4) is 0 Å². The molecule has 0 saturated carbocycles. The van der Waals surface area contributed by atoms with E-state index in [-0.39, 0.29) is 12.6 Å². The van der Waals surface area contributed by atoms with Crippen molar-refractivity contribution in [1.29, 1.82) is 0 Å². The minimum atomic E-state index is -0.621. The van der Waals surface area contributed by atoms with Crippen molar-refractivity contribution in [1.82, 2.24) is 10.2 Å².